The van der Waals surface area contributed by atoms with Crippen LogP contribution in [0.3, 0.4) is 0 Å². The summed E-state index contributed by atoms with van der Waals surface area (Å²) >= 11 is 0. The van der Waals surface area contributed by atoms with Crippen molar-refractivity contribution in [2.75, 3.05) is 0 Å². The number of aryl methyl sites for hydroxylation is 3. The van der Waals surface area contributed by atoms with E-state index in [0.717, 1.165) is 33.5 Å². The number of nitrogens with zero attached hydrogens (tertiary/aromatic N) is 2. The normalized spacial score (nSPS) is 12.4. The monoisotopic (exact) mass is 341 g/mol. The number of pyridine rings is 2. The first-order chi connectivity index (χ1) is 11.8. The van der Waals surface area contributed by atoms with E-state index in [9.17, 15) is 13.2 Å². The van der Waals surface area contributed by atoms with Gasteiger partial charge in [0.15, 0.2) is 6.20 Å². The van der Waals surface area contributed by atoms with E-state index in [4.69, 9.17) is 0 Å². The van der Waals surface area contributed by atoms with E-state index in [1.807, 2.05) is 49.9 Å². The topological polar surface area (TPSA) is 16.8 Å². The second-order valence-corrected chi connectivity index (χ2v) is 6.41. The molecule has 0 amide bonds. The molecule has 5 heteroatoms. The zero-order chi connectivity index (χ0) is 17.9. The van der Waals surface area contributed by atoms with Crippen molar-refractivity contribution < 1.29 is 17.7 Å². The highest BCUT2D eigenvalue weighted by Crippen LogP contribution is 2.42. The molecule has 2 nitrogen and oxygen atoms in total. The molecule has 2 aromatic carbocycles. The lowest BCUT2D eigenvalue weighted by molar-refractivity contribution is -0.644. The first-order valence-corrected chi connectivity index (χ1v) is 7.97. The van der Waals surface area contributed by atoms with Crippen molar-refractivity contribution >= 4 is 32.6 Å². The van der Waals surface area contributed by atoms with Crippen LogP contribution in [0.1, 0.15) is 16.7 Å². The minimum absolute atomic E-state index is 0.185. The van der Waals surface area contributed by atoms with Crippen molar-refractivity contribution in [1.82, 2.24) is 4.98 Å². The van der Waals surface area contributed by atoms with Gasteiger partial charge in [0.1, 0.15) is 7.05 Å². The molecular formula is C20H16F3N2+. The van der Waals surface area contributed by atoms with Crippen LogP contribution >= 0.6 is 0 Å². The van der Waals surface area contributed by atoms with Gasteiger partial charge in [-0.1, -0.05) is 6.07 Å². The van der Waals surface area contributed by atoms with Gasteiger partial charge in [0.05, 0.1) is 21.9 Å². The van der Waals surface area contributed by atoms with Crippen LogP contribution < -0.4 is 4.57 Å². The molecule has 0 aliphatic carbocycles. The Kier molecular flexibility index (Phi) is 3.26. The Labute approximate surface area is 142 Å². The van der Waals surface area contributed by atoms with Crippen molar-refractivity contribution in [2.45, 2.75) is 20.0 Å². The van der Waals surface area contributed by atoms with Gasteiger partial charge in [-0.25, -0.2) is 4.57 Å². The molecule has 4 rings (SSSR count). The van der Waals surface area contributed by atoms with Gasteiger partial charge < -0.3 is 0 Å². The summed E-state index contributed by atoms with van der Waals surface area (Å²) in [4.78, 5) is 4.36. The Bertz CT molecular complexity index is 1160. The smallest absolute Gasteiger partial charge is 0.255 e. The molecule has 126 valence electrons. The molecule has 0 aliphatic rings. The molecule has 0 radical (unpaired) electrons. The molecule has 0 atom stereocenters. The summed E-state index contributed by atoms with van der Waals surface area (Å²) in [6.45, 7) is 3.75. The summed E-state index contributed by atoms with van der Waals surface area (Å²) in [5, 5.41) is 2.38. The number of rotatable bonds is 0. The largest absolute Gasteiger partial charge is 0.417 e. The molecule has 0 bridgehead atoms. The Morgan fingerprint density at radius 2 is 1.64 bits per heavy atom. The van der Waals surface area contributed by atoms with E-state index in [-0.39, 0.29) is 5.39 Å². The van der Waals surface area contributed by atoms with Crippen LogP contribution in [0.25, 0.3) is 32.6 Å². The van der Waals surface area contributed by atoms with Crippen LogP contribution in [0.2, 0.25) is 0 Å². The highest BCUT2D eigenvalue weighted by molar-refractivity contribution is 6.24. The summed E-state index contributed by atoms with van der Waals surface area (Å²) in [5.74, 6) is 0. The van der Waals surface area contributed by atoms with Crippen LogP contribution in [0.4, 0.5) is 13.2 Å². The molecule has 4 aromatic rings. The average molecular weight is 341 g/mol. The minimum Gasteiger partial charge on any atom is -0.255 e. The van der Waals surface area contributed by atoms with E-state index >= 15 is 0 Å². The molecule has 2 heterocycles. The fourth-order valence-corrected chi connectivity index (χ4v) is 3.71. The summed E-state index contributed by atoms with van der Waals surface area (Å²) in [7, 11) is 1.91. The fourth-order valence-electron chi connectivity index (χ4n) is 3.71. The number of fused-ring (bicyclic) bond motifs is 6. The highest BCUT2D eigenvalue weighted by Gasteiger charge is 2.35. The molecule has 2 aromatic heterocycles. The number of hydrogen-bond acceptors (Lipinski definition) is 1. The van der Waals surface area contributed by atoms with Crippen LogP contribution in [0.5, 0.6) is 0 Å². The van der Waals surface area contributed by atoms with Crippen LogP contribution in [0.15, 0.2) is 42.7 Å². The van der Waals surface area contributed by atoms with Gasteiger partial charge in [-0.05, 0) is 43.2 Å². The van der Waals surface area contributed by atoms with E-state index in [0.29, 0.717) is 10.9 Å². The highest BCUT2D eigenvalue weighted by atomic mass is 19.4. The molecule has 0 spiro atoms. The second kappa shape index (κ2) is 5.15. The molecule has 25 heavy (non-hydrogen) atoms. The van der Waals surface area contributed by atoms with Crippen LogP contribution in [0, 0.1) is 13.8 Å². The Balaban J connectivity index is 2.48. The van der Waals surface area contributed by atoms with Gasteiger partial charge >= 0.3 is 6.18 Å². The Morgan fingerprint density at radius 1 is 0.920 bits per heavy atom. The van der Waals surface area contributed by atoms with Gasteiger partial charge in [0, 0.05) is 23.0 Å². The van der Waals surface area contributed by atoms with Crippen molar-refractivity contribution in [1.29, 1.82) is 0 Å². The number of benzene rings is 2. The Hall–Kier alpha value is -2.69. The predicted octanol–water partition coefficient (Wildman–Crippen LogP) is 5.00. The molecule has 0 unspecified atom stereocenters. The maximum Gasteiger partial charge on any atom is 0.417 e. The van der Waals surface area contributed by atoms with Gasteiger partial charge in [0.2, 0.25) is 5.52 Å². The lowest BCUT2D eigenvalue weighted by Gasteiger charge is -2.16. The third-order valence-corrected chi connectivity index (χ3v) is 4.80. The molecule has 0 aliphatic heterocycles. The molecular weight excluding hydrogens is 325 g/mol. The summed E-state index contributed by atoms with van der Waals surface area (Å²) < 4.78 is 43.1. The summed E-state index contributed by atoms with van der Waals surface area (Å²) in [6, 6.07) is 8.29. The molecule has 0 fully saturated rings. The van der Waals surface area contributed by atoms with Crippen molar-refractivity contribution in [3.63, 3.8) is 0 Å². The number of alkyl halides is 3. The first-order valence-electron chi connectivity index (χ1n) is 7.97. The van der Waals surface area contributed by atoms with Gasteiger partial charge in [0.25, 0.3) is 0 Å². The molecule has 0 saturated carbocycles. The quantitative estimate of drug-likeness (QED) is 0.325. The number of halogens is 3. The zero-order valence-electron chi connectivity index (χ0n) is 14.1. The lowest BCUT2D eigenvalue weighted by atomic mass is 9.92. The van der Waals surface area contributed by atoms with Gasteiger partial charge in [-0.15, -0.1) is 0 Å². The first kappa shape index (κ1) is 15.8. The van der Waals surface area contributed by atoms with Crippen LogP contribution in [-0.4, -0.2) is 4.98 Å². The summed E-state index contributed by atoms with van der Waals surface area (Å²) in [5.41, 5.74) is 2.39. The lowest BCUT2D eigenvalue weighted by Crippen LogP contribution is -2.28. The van der Waals surface area contributed by atoms with Crippen molar-refractivity contribution in [3.05, 3.63) is 59.4 Å². The van der Waals surface area contributed by atoms with Crippen molar-refractivity contribution in [3.8, 4) is 0 Å². The van der Waals surface area contributed by atoms with Crippen LogP contribution in [-0.2, 0) is 13.2 Å². The van der Waals surface area contributed by atoms with Crippen molar-refractivity contribution in [2.24, 2.45) is 7.05 Å². The standard InChI is InChI=1S/C20H16F3N2/c1-11-6-7-14(20(21,22)23)17-15(11)13-5-4-10-25(3)19(13)16-12(2)8-9-24-18(16)17/h4-10H,1-3H3/q+1. The van der Waals surface area contributed by atoms with E-state index in [2.05, 4.69) is 4.98 Å². The summed E-state index contributed by atoms with van der Waals surface area (Å²) in [6.07, 6.45) is -0.952. The maximum absolute atomic E-state index is 13.7. The SMILES string of the molecule is Cc1ccc(C(F)(F)F)c2c3nccc(C)c3c3c(ccc[n+]3C)c12. The minimum atomic E-state index is -4.44. The zero-order valence-corrected chi connectivity index (χ0v) is 14.1. The average Bonchev–Trinajstić information content (AvgIpc) is 2.54. The Morgan fingerprint density at radius 3 is 2.36 bits per heavy atom. The number of hydrogen-bond donors (Lipinski definition) is 0. The third-order valence-electron chi connectivity index (χ3n) is 4.80. The number of aromatic nitrogens is 2. The second-order valence-electron chi connectivity index (χ2n) is 6.41. The van der Waals surface area contributed by atoms with Gasteiger partial charge in [-0.3, -0.25) is 4.98 Å². The van der Waals surface area contributed by atoms with E-state index < -0.39 is 11.7 Å². The fraction of sp³-hybridized carbons (Fsp3) is 0.200. The third kappa shape index (κ3) is 2.18. The van der Waals surface area contributed by atoms with E-state index in [1.54, 1.807) is 12.3 Å². The van der Waals surface area contributed by atoms with E-state index in [1.165, 1.54) is 0 Å². The van der Waals surface area contributed by atoms with Gasteiger partial charge in [-0.2, -0.15) is 13.2 Å². The molecule has 0 N–H and O–H groups in total. The maximum atomic E-state index is 13.7. The molecule has 0 saturated heterocycles. The predicted molar refractivity (Wildman–Crippen MR) is 92.4 cm³/mol.